The molecule has 0 atom stereocenters. The van der Waals surface area contributed by atoms with E-state index in [2.05, 4.69) is 92.6 Å². The van der Waals surface area contributed by atoms with Gasteiger partial charge in [0.25, 0.3) is 0 Å². The van der Waals surface area contributed by atoms with Crippen LogP contribution in [-0.2, 0) is 5.54 Å². The molecule has 0 radical (unpaired) electrons. The van der Waals surface area contributed by atoms with Crippen LogP contribution >= 0.6 is 0 Å². The molecule has 0 fully saturated rings. The van der Waals surface area contributed by atoms with Gasteiger partial charge in [-0.1, -0.05) is 60.7 Å². The second-order valence-corrected chi connectivity index (χ2v) is 12.1. The molecule has 1 aliphatic heterocycles. The van der Waals surface area contributed by atoms with Gasteiger partial charge in [-0.3, -0.25) is 4.90 Å². The largest absolute Gasteiger partial charge is 0.302 e. The lowest BCUT2D eigenvalue weighted by Gasteiger charge is -2.40. The minimum atomic E-state index is -0.435. The molecular weight excluding hydrogens is 530 g/mol. The highest BCUT2D eigenvalue weighted by molar-refractivity contribution is 5.87. The molecular formula is C36H31N7. The van der Waals surface area contributed by atoms with E-state index in [9.17, 15) is 5.26 Å². The second-order valence-electron chi connectivity index (χ2n) is 12.1. The quantitative estimate of drug-likeness (QED) is 0.216. The number of imidazole rings is 1. The Bertz CT molecular complexity index is 2050. The number of anilines is 2. The van der Waals surface area contributed by atoms with Gasteiger partial charge >= 0.3 is 0 Å². The maximum atomic E-state index is 9.33. The van der Waals surface area contributed by atoms with Crippen molar-refractivity contribution in [1.29, 1.82) is 5.26 Å². The number of hydrogen-bond acceptors (Lipinski definition) is 6. The Kier molecular flexibility index (Phi) is 5.93. The van der Waals surface area contributed by atoms with E-state index in [1.54, 1.807) is 12.1 Å². The summed E-state index contributed by atoms with van der Waals surface area (Å²) in [5.74, 6) is 2.44. The van der Waals surface area contributed by atoms with Gasteiger partial charge in [0.05, 0.1) is 33.7 Å². The molecule has 0 bridgehead atoms. The summed E-state index contributed by atoms with van der Waals surface area (Å²) in [5, 5.41) is 9.33. The Labute approximate surface area is 251 Å². The summed E-state index contributed by atoms with van der Waals surface area (Å²) >= 11 is 0. The van der Waals surface area contributed by atoms with Crippen LogP contribution in [0.25, 0.3) is 44.9 Å². The zero-order valence-electron chi connectivity index (χ0n) is 24.9. The lowest BCUT2D eigenvalue weighted by atomic mass is 9.82. The molecule has 0 amide bonds. The highest BCUT2D eigenvalue weighted by Gasteiger charge is 2.54. The van der Waals surface area contributed by atoms with Crippen LogP contribution in [0.5, 0.6) is 0 Å². The third-order valence-electron chi connectivity index (χ3n) is 9.04. The van der Waals surface area contributed by atoms with Crippen LogP contribution in [0.2, 0.25) is 0 Å². The molecule has 0 aliphatic carbocycles. The van der Waals surface area contributed by atoms with Crippen molar-refractivity contribution in [3.05, 3.63) is 108 Å². The topological polar surface area (TPSA) is 83.5 Å². The molecule has 7 nitrogen and oxygen atoms in total. The predicted molar refractivity (Wildman–Crippen MR) is 171 cm³/mol. The molecule has 43 heavy (non-hydrogen) atoms. The predicted octanol–water partition coefficient (Wildman–Crippen LogP) is 8.07. The van der Waals surface area contributed by atoms with Gasteiger partial charge in [0.1, 0.15) is 0 Å². The van der Waals surface area contributed by atoms with Crippen molar-refractivity contribution in [2.75, 3.05) is 4.90 Å². The Morgan fingerprint density at radius 2 is 1.28 bits per heavy atom. The zero-order chi connectivity index (χ0) is 29.9. The maximum Gasteiger partial charge on any atom is 0.237 e. The SMILES string of the molecule is Cc1ccccc1-c1ccc2c(c1)nc1n2C(C)(C)C(C)(C)N1c1nc(-c2ccccc2)nc(-c2ccc(C#N)cc2)n1. The molecule has 7 rings (SSSR count). The molecule has 0 spiro atoms. The number of aryl methyl sites for hydroxylation is 1. The summed E-state index contributed by atoms with van der Waals surface area (Å²) < 4.78 is 2.32. The summed E-state index contributed by atoms with van der Waals surface area (Å²) in [4.78, 5) is 22.4. The highest BCUT2D eigenvalue weighted by atomic mass is 15.5. The van der Waals surface area contributed by atoms with Gasteiger partial charge in [-0.15, -0.1) is 0 Å². The average Bonchev–Trinajstić information content (AvgIpc) is 3.46. The van der Waals surface area contributed by atoms with E-state index >= 15 is 0 Å². The molecule has 0 saturated heterocycles. The fraction of sp³-hybridized carbons (Fsp3) is 0.194. The van der Waals surface area contributed by atoms with Crippen LogP contribution in [0.15, 0.2) is 97.1 Å². The fourth-order valence-corrected chi connectivity index (χ4v) is 5.97. The lowest BCUT2D eigenvalue weighted by molar-refractivity contribution is 0.251. The Hall–Kier alpha value is -5.35. The smallest absolute Gasteiger partial charge is 0.237 e. The summed E-state index contributed by atoms with van der Waals surface area (Å²) in [7, 11) is 0. The van der Waals surface area contributed by atoms with E-state index in [0.717, 1.165) is 33.7 Å². The van der Waals surface area contributed by atoms with Gasteiger partial charge in [-0.25, -0.2) is 9.97 Å². The van der Waals surface area contributed by atoms with Crippen LogP contribution < -0.4 is 4.90 Å². The van der Waals surface area contributed by atoms with Gasteiger partial charge in [0.15, 0.2) is 11.6 Å². The molecule has 0 saturated carbocycles. The van der Waals surface area contributed by atoms with Gasteiger partial charge in [0, 0.05) is 11.1 Å². The maximum absolute atomic E-state index is 9.33. The normalized spacial score (nSPS) is 14.9. The Morgan fingerprint density at radius 3 is 1.95 bits per heavy atom. The molecule has 6 aromatic rings. The molecule has 3 heterocycles. The van der Waals surface area contributed by atoms with E-state index in [1.807, 2.05) is 42.5 Å². The molecule has 4 aromatic carbocycles. The number of nitrogens with zero attached hydrogens (tertiary/aromatic N) is 7. The Balaban J connectivity index is 1.44. The Morgan fingerprint density at radius 1 is 0.651 bits per heavy atom. The zero-order valence-corrected chi connectivity index (χ0v) is 24.9. The van der Waals surface area contributed by atoms with Crippen LogP contribution in [0.1, 0.15) is 38.8 Å². The van der Waals surface area contributed by atoms with Gasteiger partial charge in [-0.05, 0) is 87.7 Å². The molecule has 0 N–H and O–H groups in total. The summed E-state index contributed by atoms with van der Waals surface area (Å²) in [5.41, 5.74) is 7.07. The standard InChI is InChI=1S/C36H31N7/c1-23-11-9-10-14-28(23)27-19-20-30-29(21-27)38-34-42(30)35(2,3)36(4,5)43(34)33-40-31(25-12-7-6-8-13-25)39-32(41-33)26-17-15-24(22-37)16-18-26/h6-21H,1-5H3. The minimum Gasteiger partial charge on any atom is -0.302 e. The number of hydrogen-bond donors (Lipinski definition) is 0. The van der Waals surface area contributed by atoms with Gasteiger partial charge < -0.3 is 4.57 Å². The van der Waals surface area contributed by atoms with Crippen molar-refractivity contribution >= 4 is 22.9 Å². The van der Waals surface area contributed by atoms with E-state index in [4.69, 9.17) is 19.9 Å². The summed E-state index contributed by atoms with van der Waals surface area (Å²) in [6, 6.07) is 34.4. The van der Waals surface area contributed by atoms with Crippen molar-refractivity contribution < 1.29 is 0 Å². The highest BCUT2D eigenvalue weighted by Crippen LogP contribution is 2.51. The number of fused-ring (bicyclic) bond motifs is 3. The molecule has 7 heteroatoms. The van der Waals surface area contributed by atoms with Crippen molar-refractivity contribution in [3.63, 3.8) is 0 Å². The third-order valence-corrected chi connectivity index (χ3v) is 9.04. The van der Waals surface area contributed by atoms with Crippen molar-refractivity contribution in [2.24, 2.45) is 0 Å². The first-order valence-electron chi connectivity index (χ1n) is 14.4. The lowest BCUT2D eigenvalue weighted by Crippen LogP contribution is -2.51. The van der Waals surface area contributed by atoms with Gasteiger partial charge in [0.2, 0.25) is 11.9 Å². The number of rotatable bonds is 4. The molecule has 210 valence electrons. The van der Waals surface area contributed by atoms with E-state index in [0.29, 0.717) is 23.2 Å². The number of aromatic nitrogens is 5. The van der Waals surface area contributed by atoms with Crippen molar-refractivity contribution in [1.82, 2.24) is 24.5 Å². The summed E-state index contributed by atoms with van der Waals surface area (Å²) in [6.45, 7) is 11.0. The molecule has 0 unspecified atom stereocenters. The van der Waals surface area contributed by atoms with Crippen LogP contribution in [0.4, 0.5) is 11.9 Å². The monoisotopic (exact) mass is 561 g/mol. The molecule has 2 aromatic heterocycles. The van der Waals surface area contributed by atoms with Crippen molar-refractivity contribution in [3.8, 4) is 40.0 Å². The first-order valence-corrected chi connectivity index (χ1v) is 14.4. The van der Waals surface area contributed by atoms with E-state index in [-0.39, 0.29) is 5.54 Å². The van der Waals surface area contributed by atoms with Crippen LogP contribution in [-0.4, -0.2) is 30.0 Å². The van der Waals surface area contributed by atoms with Crippen molar-refractivity contribution in [2.45, 2.75) is 45.7 Å². The summed E-state index contributed by atoms with van der Waals surface area (Å²) in [6.07, 6.45) is 0. The minimum absolute atomic E-state index is 0.352. The van der Waals surface area contributed by atoms with Gasteiger partial charge in [-0.2, -0.15) is 15.2 Å². The first-order chi connectivity index (χ1) is 20.7. The molecule has 1 aliphatic rings. The van der Waals surface area contributed by atoms with E-state index in [1.165, 1.54) is 11.1 Å². The first kappa shape index (κ1) is 26.5. The average molecular weight is 562 g/mol. The number of benzene rings is 4. The third kappa shape index (κ3) is 4.10. The van der Waals surface area contributed by atoms with E-state index < -0.39 is 5.54 Å². The second kappa shape index (κ2) is 9.60. The fourth-order valence-electron chi connectivity index (χ4n) is 5.97. The number of nitriles is 1. The van der Waals surface area contributed by atoms with Crippen LogP contribution in [0.3, 0.4) is 0 Å². The van der Waals surface area contributed by atoms with Crippen LogP contribution in [0, 0.1) is 18.3 Å².